The molecule has 2 aliphatic rings. The maximum absolute atomic E-state index is 4.74. The van der Waals surface area contributed by atoms with Gasteiger partial charge in [-0.15, -0.1) is 0 Å². The van der Waals surface area contributed by atoms with E-state index < -0.39 is 0 Å². The maximum atomic E-state index is 4.74. The minimum Gasteiger partial charge on any atom is -0.367 e. The van der Waals surface area contributed by atoms with Crippen molar-refractivity contribution in [2.75, 3.05) is 42.3 Å². The summed E-state index contributed by atoms with van der Waals surface area (Å²) in [6.45, 7) is 2.98. The van der Waals surface area contributed by atoms with E-state index in [4.69, 9.17) is 5.10 Å². The molecule has 0 radical (unpaired) electrons. The molecule has 0 bridgehead atoms. The fourth-order valence-electron chi connectivity index (χ4n) is 4.32. The molecule has 7 nitrogen and oxygen atoms in total. The lowest BCUT2D eigenvalue weighted by atomic mass is 10.1. The van der Waals surface area contributed by atoms with Crippen LogP contribution in [0.25, 0.3) is 0 Å². The number of hydrogen-bond acceptors (Lipinski definition) is 6. The van der Waals surface area contributed by atoms with Gasteiger partial charge in [-0.1, -0.05) is 18.2 Å². The molecule has 0 atom stereocenters. The average Bonchev–Trinajstić information content (AvgIpc) is 3.19. The predicted octanol–water partition coefficient (Wildman–Crippen LogP) is 3.66. The van der Waals surface area contributed by atoms with Crippen molar-refractivity contribution in [3.8, 4) is 0 Å². The van der Waals surface area contributed by atoms with Crippen molar-refractivity contribution in [1.82, 2.24) is 20.1 Å². The molecule has 0 unspecified atom stereocenters. The van der Waals surface area contributed by atoms with E-state index in [0.717, 1.165) is 55.5 Å². The number of nitrogens with one attached hydrogen (secondary N) is 2. The quantitative estimate of drug-likeness (QED) is 0.713. The van der Waals surface area contributed by atoms with Gasteiger partial charge in [0.1, 0.15) is 5.82 Å². The smallest absolute Gasteiger partial charge is 0.153 e. The lowest BCUT2D eigenvalue weighted by Crippen LogP contribution is -2.29. The molecule has 2 N–H and O–H groups in total. The van der Waals surface area contributed by atoms with Crippen LogP contribution in [0.5, 0.6) is 0 Å². The first-order valence-electron chi connectivity index (χ1n) is 10.2. The molecular formula is C22H27N7. The topological polar surface area (TPSA) is 61.2 Å². The molecular weight excluding hydrogens is 362 g/mol. The second-order valence-electron chi connectivity index (χ2n) is 7.89. The summed E-state index contributed by atoms with van der Waals surface area (Å²) < 4.78 is 2.09. The van der Waals surface area contributed by atoms with Crippen LogP contribution in [0.3, 0.4) is 0 Å². The molecule has 3 aromatic rings. The van der Waals surface area contributed by atoms with Gasteiger partial charge in [-0.3, -0.25) is 4.68 Å². The summed E-state index contributed by atoms with van der Waals surface area (Å²) in [6.07, 6.45) is 6.26. The SMILES string of the molecule is CN1Cc2ccccc2N(C)c2cc(Nc3ccn(C4CCNCC4)n3)ncc21. The third-order valence-electron chi connectivity index (χ3n) is 5.94. The van der Waals surface area contributed by atoms with Crippen molar-refractivity contribution < 1.29 is 0 Å². The number of aromatic nitrogens is 3. The maximum Gasteiger partial charge on any atom is 0.153 e. The first kappa shape index (κ1) is 18.0. The monoisotopic (exact) mass is 389 g/mol. The molecule has 0 saturated carbocycles. The fourth-order valence-corrected chi connectivity index (χ4v) is 4.32. The largest absolute Gasteiger partial charge is 0.367 e. The highest BCUT2D eigenvalue weighted by Crippen LogP contribution is 2.39. The Labute approximate surface area is 171 Å². The number of anilines is 5. The van der Waals surface area contributed by atoms with Gasteiger partial charge < -0.3 is 20.4 Å². The third-order valence-corrected chi connectivity index (χ3v) is 5.94. The average molecular weight is 390 g/mol. The Kier molecular flexibility index (Phi) is 4.60. The van der Waals surface area contributed by atoms with Crippen LogP contribution in [0, 0.1) is 0 Å². The van der Waals surface area contributed by atoms with E-state index in [-0.39, 0.29) is 0 Å². The molecule has 2 aliphatic heterocycles. The molecule has 29 heavy (non-hydrogen) atoms. The van der Waals surface area contributed by atoms with Crippen molar-refractivity contribution in [3.05, 3.63) is 54.4 Å². The van der Waals surface area contributed by atoms with Crippen LogP contribution in [0.2, 0.25) is 0 Å². The standard InChI is InChI=1S/C22H27N7/c1-27-15-16-5-3-4-6-18(16)28(2)19-13-22(24-14-20(19)27)25-21-9-12-29(26-21)17-7-10-23-11-8-17/h3-6,9,12-14,17,23H,7-8,10-11,15H2,1-2H3,(H,24,25,26). The van der Waals surface area contributed by atoms with E-state index in [1.54, 1.807) is 0 Å². The molecule has 4 heterocycles. The molecule has 1 aromatic carbocycles. The number of fused-ring (bicyclic) bond motifs is 2. The highest BCUT2D eigenvalue weighted by atomic mass is 15.3. The molecule has 0 aliphatic carbocycles. The van der Waals surface area contributed by atoms with Crippen molar-refractivity contribution in [3.63, 3.8) is 0 Å². The molecule has 5 rings (SSSR count). The van der Waals surface area contributed by atoms with E-state index in [1.165, 1.54) is 11.3 Å². The highest BCUT2D eigenvalue weighted by Gasteiger charge is 2.22. The first-order valence-corrected chi connectivity index (χ1v) is 10.2. The van der Waals surface area contributed by atoms with Gasteiger partial charge in [-0.25, -0.2) is 4.98 Å². The fraction of sp³-hybridized carbons (Fsp3) is 0.364. The van der Waals surface area contributed by atoms with Crippen molar-refractivity contribution in [2.45, 2.75) is 25.4 Å². The summed E-state index contributed by atoms with van der Waals surface area (Å²) in [5, 5.41) is 11.5. The van der Waals surface area contributed by atoms with Gasteiger partial charge in [0, 0.05) is 44.7 Å². The Bertz CT molecular complexity index is 1010. The zero-order valence-electron chi connectivity index (χ0n) is 17.0. The van der Waals surface area contributed by atoms with Crippen LogP contribution in [0.15, 0.2) is 48.8 Å². The normalized spacial score (nSPS) is 16.9. The van der Waals surface area contributed by atoms with Crippen molar-refractivity contribution in [1.29, 1.82) is 0 Å². The van der Waals surface area contributed by atoms with Gasteiger partial charge >= 0.3 is 0 Å². The molecule has 150 valence electrons. The van der Waals surface area contributed by atoms with Crippen LogP contribution in [0.4, 0.5) is 28.7 Å². The lowest BCUT2D eigenvalue weighted by Gasteiger charge is -2.23. The van der Waals surface area contributed by atoms with E-state index in [2.05, 4.69) is 80.7 Å². The Morgan fingerprint density at radius 1 is 1.00 bits per heavy atom. The number of nitrogens with zero attached hydrogens (tertiary/aromatic N) is 5. The van der Waals surface area contributed by atoms with Crippen LogP contribution in [0.1, 0.15) is 24.4 Å². The van der Waals surface area contributed by atoms with E-state index >= 15 is 0 Å². The summed E-state index contributed by atoms with van der Waals surface area (Å²) in [6, 6.07) is 13.2. The Balaban J connectivity index is 1.42. The van der Waals surface area contributed by atoms with Crippen LogP contribution in [-0.2, 0) is 6.54 Å². The van der Waals surface area contributed by atoms with Crippen molar-refractivity contribution >= 4 is 28.7 Å². The summed E-state index contributed by atoms with van der Waals surface area (Å²) >= 11 is 0. The number of hydrogen-bond donors (Lipinski definition) is 2. The van der Waals surface area contributed by atoms with Crippen LogP contribution in [-0.4, -0.2) is 41.9 Å². The number of piperidine rings is 1. The zero-order valence-corrected chi connectivity index (χ0v) is 17.0. The predicted molar refractivity (Wildman–Crippen MR) is 117 cm³/mol. The number of pyridine rings is 1. The summed E-state index contributed by atoms with van der Waals surface area (Å²) in [4.78, 5) is 9.15. The van der Waals surface area contributed by atoms with Gasteiger partial charge in [0.15, 0.2) is 5.82 Å². The minimum absolute atomic E-state index is 0.475. The second-order valence-corrected chi connectivity index (χ2v) is 7.89. The van der Waals surface area contributed by atoms with E-state index in [1.807, 2.05) is 12.3 Å². The highest BCUT2D eigenvalue weighted by molar-refractivity contribution is 5.82. The minimum atomic E-state index is 0.475. The van der Waals surface area contributed by atoms with Crippen molar-refractivity contribution in [2.24, 2.45) is 0 Å². The van der Waals surface area contributed by atoms with Crippen LogP contribution >= 0.6 is 0 Å². The van der Waals surface area contributed by atoms with Gasteiger partial charge in [0.05, 0.1) is 23.6 Å². The van der Waals surface area contributed by atoms with Gasteiger partial charge in [-0.2, -0.15) is 5.10 Å². The van der Waals surface area contributed by atoms with Gasteiger partial charge in [-0.05, 0) is 37.6 Å². The first-order chi connectivity index (χ1) is 14.2. The number of para-hydroxylation sites is 1. The van der Waals surface area contributed by atoms with E-state index in [9.17, 15) is 0 Å². The molecule has 0 spiro atoms. The number of rotatable bonds is 3. The summed E-state index contributed by atoms with van der Waals surface area (Å²) in [5.41, 5.74) is 4.79. The van der Waals surface area contributed by atoms with E-state index in [0.29, 0.717) is 6.04 Å². The molecule has 7 heteroatoms. The summed E-state index contributed by atoms with van der Waals surface area (Å²) in [7, 11) is 4.23. The zero-order chi connectivity index (χ0) is 19.8. The molecule has 2 aromatic heterocycles. The molecule has 0 amide bonds. The third kappa shape index (κ3) is 3.42. The van der Waals surface area contributed by atoms with Gasteiger partial charge in [0.2, 0.25) is 0 Å². The molecule has 1 saturated heterocycles. The Hall–Kier alpha value is -3.06. The second kappa shape index (κ2) is 7.40. The number of benzene rings is 1. The van der Waals surface area contributed by atoms with Crippen LogP contribution < -0.4 is 20.4 Å². The lowest BCUT2D eigenvalue weighted by molar-refractivity contribution is 0.344. The Morgan fingerprint density at radius 3 is 2.69 bits per heavy atom. The molecule has 1 fully saturated rings. The Morgan fingerprint density at radius 2 is 1.83 bits per heavy atom. The van der Waals surface area contributed by atoms with Gasteiger partial charge in [0.25, 0.3) is 0 Å². The summed E-state index contributed by atoms with van der Waals surface area (Å²) in [5.74, 6) is 1.64.